The molecule has 24 heavy (non-hydrogen) atoms. The highest BCUT2D eigenvalue weighted by molar-refractivity contribution is 5.85. The van der Waals surface area contributed by atoms with Crippen molar-refractivity contribution in [1.29, 1.82) is 0 Å². The molecule has 1 N–H and O–H groups in total. The van der Waals surface area contributed by atoms with Crippen molar-refractivity contribution in [2.45, 2.75) is 38.6 Å². The molecule has 0 bridgehead atoms. The number of hydrogen-bond acceptors (Lipinski definition) is 3. The van der Waals surface area contributed by atoms with E-state index < -0.39 is 12.2 Å². The minimum Gasteiger partial charge on any atom is -0.406 e. The Bertz CT molecular complexity index is 507. The number of nitrogens with zero attached hydrogens (tertiary/aromatic N) is 1. The standard InChI is InChI=1S/C16H22F4N2O.ClH/c1-2-3-4-15(22-9-7-21-8-10-22)13-11-12(5-6-14(13)17)23-16(18,19)20;/h5-6,11,15,21H,2-4,7-10H2,1H3;1H/t15-;/m0./s1. The molecule has 0 aliphatic carbocycles. The third-order valence-electron chi connectivity index (χ3n) is 3.98. The minimum absolute atomic E-state index is 0. The number of halogens is 5. The third kappa shape index (κ3) is 6.11. The largest absolute Gasteiger partial charge is 0.573 e. The van der Waals surface area contributed by atoms with Gasteiger partial charge in [-0.3, -0.25) is 4.90 Å². The van der Waals surface area contributed by atoms with E-state index in [1.165, 1.54) is 6.07 Å². The van der Waals surface area contributed by atoms with E-state index in [0.29, 0.717) is 6.42 Å². The van der Waals surface area contributed by atoms with Gasteiger partial charge in [-0.15, -0.1) is 25.6 Å². The zero-order valence-electron chi connectivity index (χ0n) is 13.5. The molecule has 0 radical (unpaired) electrons. The van der Waals surface area contributed by atoms with Gasteiger partial charge >= 0.3 is 6.36 Å². The summed E-state index contributed by atoms with van der Waals surface area (Å²) in [5, 5.41) is 3.23. The van der Waals surface area contributed by atoms with Crippen molar-refractivity contribution in [3.05, 3.63) is 29.6 Å². The quantitative estimate of drug-likeness (QED) is 0.756. The van der Waals surface area contributed by atoms with E-state index in [0.717, 1.165) is 51.2 Å². The minimum atomic E-state index is -4.77. The predicted molar refractivity (Wildman–Crippen MR) is 87.0 cm³/mol. The zero-order valence-corrected chi connectivity index (χ0v) is 14.4. The summed E-state index contributed by atoms with van der Waals surface area (Å²) in [4.78, 5) is 2.13. The van der Waals surface area contributed by atoms with Crippen LogP contribution in [0.25, 0.3) is 0 Å². The monoisotopic (exact) mass is 370 g/mol. The molecule has 0 saturated carbocycles. The molecule has 1 atom stereocenters. The number of benzene rings is 1. The Morgan fingerprint density at radius 1 is 1.25 bits per heavy atom. The number of unbranched alkanes of at least 4 members (excludes halogenated alkanes) is 1. The van der Waals surface area contributed by atoms with Gasteiger partial charge in [-0.05, 0) is 24.6 Å². The summed E-state index contributed by atoms with van der Waals surface area (Å²) in [6.45, 7) is 5.12. The van der Waals surface area contributed by atoms with Crippen molar-refractivity contribution in [3.8, 4) is 5.75 Å². The summed E-state index contributed by atoms with van der Waals surface area (Å²) < 4.78 is 55.4. The molecule has 1 heterocycles. The van der Waals surface area contributed by atoms with Crippen molar-refractivity contribution in [1.82, 2.24) is 10.2 Å². The van der Waals surface area contributed by atoms with Crippen LogP contribution in [-0.4, -0.2) is 37.4 Å². The average Bonchev–Trinajstić information content (AvgIpc) is 2.50. The molecule has 1 aliphatic rings. The van der Waals surface area contributed by atoms with Crippen molar-refractivity contribution >= 4 is 12.4 Å². The van der Waals surface area contributed by atoms with E-state index in [1.54, 1.807) is 0 Å². The molecule has 1 aromatic rings. The molecule has 3 nitrogen and oxygen atoms in total. The summed E-state index contributed by atoms with van der Waals surface area (Å²) in [6.07, 6.45) is -2.23. The second-order valence-electron chi connectivity index (χ2n) is 5.68. The summed E-state index contributed by atoms with van der Waals surface area (Å²) in [5.74, 6) is -0.857. The SMILES string of the molecule is CCCC[C@@H](c1cc(OC(F)(F)F)ccc1F)N1CCNCC1.Cl. The molecule has 1 aromatic carbocycles. The molecule has 2 rings (SSSR count). The first-order chi connectivity index (χ1) is 10.9. The Morgan fingerprint density at radius 2 is 1.92 bits per heavy atom. The van der Waals surface area contributed by atoms with Crippen LogP contribution in [0.5, 0.6) is 5.75 Å². The Morgan fingerprint density at radius 3 is 2.50 bits per heavy atom. The predicted octanol–water partition coefficient (Wildman–Crippen LogP) is 4.28. The summed E-state index contributed by atoms with van der Waals surface area (Å²) >= 11 is 0. The molecule has 8 heteroatoms. The molecule has 0 unspecified atom stereocenters. The highest BCUT2D eigenvalue weighted by Crippen LogP contribution is 2.33. The molecular weight excluding hydrogens is 348 g/mol. The molecule has 1 saturated heterocycles. The van der Waals surface area contributed by atoms with Crippen LogP contribution in [0.1, 0.15) is 37.8 Å². The van der Waals surface area contributed by atoms with Crippen molar-refractivity contribution < 1.29 is 22.3 Å². The van der Waals surface area contributed by atoms with E-state index in [1.807, 2.05) is 6.92 Å². The van der Waals surface area contributed by atoms with Crippen LogP contribution in [0, 0.1) is 5.82 Å². The third-order valence-corrected chi connectivity index (χ3v) is 3.98. The van der Waals surface area contributed by atoms with Gasteiger partial charge < -0.3 is 10.1 Å². The maximum atomic E-state index is 14.3. The number of hydrogen-bond donors (Lipinski definition) is 1. The molecule has 1 aliphatic heterocycles. The first kappa shape index (κ1) is 21.0. The van der Waals surface area contributed by atoms with E-state index >= 15 is 0 Å². The van der Waals surface area contributed by atoms with Gasteiger partial charge in [0.25, 0.3) is 0 Å². The smallest absolute Gasteiger partial charge is 0.406 e. The molecule has 1 fully saturated rings. The van der Waals surface area contributed by atoms with Crippen LogP contribution in [-0.2, 0) is 0 Å². The fraction of sp³-hybridized carbons (Fsp3) is 0.625. The maximum absolute atomic E-state index is 14.3. The van der Waals surface area contributed by atoms with E-state index in [2.05, 4.69) is 15.0 Å². The van der Waals surface area contributed by atoms with Gasteiger partial charge in [-0.25, -0.2) is 4.39 Å². The lowest BCUT2D eigenvalue weighted by Gasteiger charge is -2.35. The fourth-order valence-electron chi connectivity index (χ4n) is 2.90. The van der Waals surface area contributed by atoms with Gasteiger partial charge in [0.15, 0.2) is 0 Å². The van der Waals surface area contributed by atoms with E-state index in [9.17, 15) is 17.6 Å². The van der Waals surface area contributed by atoms with Crippen LogP contribution in [0.15, 0.2) is 18.2 Å². The Kier molecular flexibility index (Phi) is 8.26. The number of nitrogens with one attached hydrogen (secondary N) is 1. The lowest BCUT2D eigenvalue weighted by molar-refractivity contribution is -0.274. The summed E-state index contributed by atoms with van der Waals surface area (Å²) in [5.41, 5.74) is 0.280. The number of ether oxygens (including phenoxy) is 1. The Balaban J connectivity index is 0.00000288. The van der Waals surface area contributed by atoms with Gasteiger partial charge in [-0.1, -0.05) is 19.8 Å². The molecular formula is C16H23ClF4N2O. The lowest BCUT2D eigenvalue weighted by Crippen LogP contribution is -2.45. The first-order valence-corrected chi connectivity index (χ1v) is 7.90. The number of alkyl halides is 3. The van der Waals surface area contributed by atoms with Gasteiger partial charge in [-0.2, -0.15) is 0 Å². The topological polar surface area (TPSA) is 24.5 Å². The molecule has 138 valence electrons. The van der Waals surface area contributed by atoms with Crippen LogP contribution in [0.4, 0.5) is 17.6 Å². The second kappa shape index (κ2) is 9.44. The van der Waals surface area contributed by atoms with Gasteiger partial charge in [0.05, 0.1) is 0 Å². The van der Waals surface area contributed by atoms with Crippen LogP contribution >= 0.6 is 12.4 Å². The molecule has 0 spiro atoms. The van der Waals surface area contributed by atoms with E-state index in [4.69, 9.17) is 0 Å². The van der Waals surface area contributed by atoms with Crippen molar-refractivity contribution in [3.63, 3.8) is 0 Å². The normalized spacial score (nSPS) is 17.2. The van der Waals surface area contributed by atoms with Crippen LogP contribution in [0.3, 0.4) is 0 Å². The van der Waals surface area contributed by atoms with Crippen molar-refractivity contribution in [2.24, 2.45) is 0 Å². The van der Waals surface area contributed by atoms with Crippen LogP contribution < -0.4 is 10.1 Å². The van der Waals surface area contributed by atoms with Crippen LogP contribution in [0.2, 0.25) is 0 Å². The summed E-state index contributed by atoms with van der Waals surface area (Å²) in [6, 6.07) is 3.03. The summed E-state index contributed by atoms with van der Waals surface area (Å²) in [7, 11) is 0. The molecule has 0 amide bonds. The van der Waals surface area contributed by atoms with Gasteiger partial charge in [0.1, 0.15) is 11.6 Å². The fourth-order valence-corrected chi connectivity index (χ4v) is 2.90. The number of rotatable bonds is 6. The molecule has 0 aromatic heterocycles. The lowest BCUT2D eigenvalue weighted by atomic mass is 9.98. The van der Waals surface area contributed by atoms with Gasteiger partial charge in [0.2, 0.25) is 0 Å². The van der Waals surface area contributed by atoms with E-state index in [-0.39, 0.29) is 29.8 Å². The van der Waals surface area contributed by atoms with Crippen molar-refractivity contribution in [2.75, 3.05) is 26.2 Å². The first-order valence-electron chi connectivity index (χ1n) is 7.90. The Labute approximate surface area is 145 Å². The average molecular weight is 371 g/mol. The highest BCUT2D eigenvalue weighted by atomic mass is 35.5. The highest BCUT2D eigenvalue weighted by Gasteiger charge is 2.32. The number of piperazine rings is 1. The second-order valence-corrected chi connectivity index (χ2v) is 5.68. The van der Waals surface area contributed by atoms with Gasteiger partial charge in [0, 0.05) is 37.8 Å². The Hall–Kier alpha value is -1.05. The zero-order chi connectivity index (χ0) is 16.9. The maximum Gasteiger partial charge on any atom is 0.573 e.